The zero-order valence-corrected chi connectivity index (χ0v) is 10.8. The number of Topliss-reactive ketones (excluding diaryl/α,β-unsaturated/α-hetero) is 1. The molecule has 0 atom stereocenters. The molecule has 0 bridgehead atoms. The quantitative estimate of drug-likeness (QED) is 0.789. The second-order valence-electron chi connectivity index (χ2n) is 4.77. The maximum absolute atomic E-state index is 11.4. The minimum Gasteiger partial charge on any atom is -0.364 e. The largest absolute Gasteiger partial charge is 0.364 e. The number of ketones is 1. The highest BCUT2D eigenvalue weighted by Crippen LogP contribution is 2.29. The third-order valence-electron chi connectivity index (χ3n) is 3.44. The van der Waals surface area contributed by atoms with E-state index in [1.54, 1.807) is 6.92 Å². The zero-order valence-electron chi connectivity index (χ0n) is 10.8. The molecule has 0 unspecified atom stereocenters. The first-order valence-corrected chi connectivity index (χ1v) is 6.38. The summed E-state index contributed by atoms with van der Waals surface area (Å²) in [4.78, 5) is 17.7. The molecule has 2 heterocycles. The van der Waals surface area contributed by atoms with Crippen molar-refractivity contribution >= 4 is 11.5 Å². The van der Waals surface area contributed by atoms with Crippen LogP contribution in [-0.2, 0) is 13.0 Å². The number of nitrogens with zero attached hydrogens (tertiary/aromatic N) is 3. The number of aromatic nitrogens is 2. The lowest BCUT2D eigenvalue weighted by Crippen LogP contribution is -2.29. The van der Waals surface area contributed by atoms with Gasteiger partial charge in [0.1, 0.15) is 0 Å². The Hall–Kier alpha value is -2.17. The number of aryl methyl sites for hydroxylation is 1. The van der Waals surface area contributed by atoms with Gasteiger partial charge in [0, 0.05) is 17.8 Å². The third kappa shape index (κ3) is 2.36. The van der Waals surface area contributed by atoms with Gasteiger partial charge in [-0.2, -0.15) is 4.98 Å². The minimum absolute atomic E-state index is 0.109. The van der Waals surface area contributed by atoms with E-state index >= 15 is 0 Å². The third-order valence-corrected chi connectivity index (χ3v) is 3.44. The molecule has 1 aromatic carbocycles. The van der Waals surface area contributed by atoms with Crippen molar-refractivity contribution < 1.29 is 9.32 Å². The first-order chi connectivity index (χ1) is 9.24. The summed E-state index contributed by atoms with van der Waals surface area (Å²) >= 11 is 0. The first kappa shape index (κ1) is 11.9. The molecule has 19 heavy (non-hydrogen) atoms. The van der Waals surface area contributed by atoms with Crippen molar-refractivity contribution in [3.8, 4) is 0 Å². The summed E-state index contributed by atoms with van der Waals surface area (Å²) in [5, 5.41) is 3.85. The van der Waals surface area contributed by atoms with Gasteiger partial charge in [-0.05, 0) is 43.5 Å². The highest BCUT2D eigenvalue weighted by atomic mass is 16.5. The fourth-order valence-corrected chi connectivity index (χ4v) is 2.49. The van der Waals surface area contributed by atoms with Crippen molar-refractivity contribution in [2.45, 2.75) is 26.3 Å². The van der Waals surface area contributed by atoms with Gasteiger partial charge in [0.25, 0.3) is 0 Å². The molecule has 2 aromatic rings. The molecule has 5 heteroatoms. The van der Waals surface area contributed by atoms with Gasteiger partial charge in [0.05, 0.1) is 6.54 Å². The number of fused-ring (bicyclic) bond motifs is 1. The molecule has 0 saturated heterocycles. The van der Waals surface area contributed by atoms with E-state index in [1.165, 1.54) is 17.6 Å². The lowest BCUT2D eigenvalue weighted by atomic mass is 9.98. The zero-order chi connectivity index (χ0) is 13.2. The monoisotopic (exact) mass is 257 g/mol. The van der Waals surface area contributed by atoms with Crippen molar-refractivity contribution in [1.29, 1.82) is 0 Å². The predicted molar refractivity (Wildman–Crippen MR) is 70.1 cm³/mol. The van der Waals surface area contributed by atoms with E-state index < -0.39 is 0 Å². The van der Waals surface area contributed by atoms with Gasteiger partial charge in [-0.3, -0.25) is 4.79 Å². The number of anilines is 1. The van der Waals surface area contributed by atoms with Gasteiger partial charge in [-0.15, -0.1) is 0 Å². The number of hydrogen-bond donors (Lipinski definition) is 0. The Labute approximate surface area is 111 Å². The van der Waals surface area contributed by atoms with E-state index in [2.05, 4.69) is 15.0 Å². The molecule has 3 rings (SSSR count). The average molecular weight is 257 g/mol. The van der Waals surface area contributed by atoms with Crippen molar-refractivity contribution in [2.24, 2.45) is 0 Å². The first-order valence-electron chi connectivity index (χ1n) is 6.38. The van der Waals surface area contributed by atoms with Crippen molar-refractivity contribution in [3.05, 3.63) is 41.5 Å². The maximum atomic E-state index is 11.4. The Balaban J connectivity index is 1.89. The van der Waals surface area contributed by atoms with Crippen LogP contribution in [0.1, 0.15) is 35.1 Å². The van der Waals surface area contributed by atoms with Crippen molar-refractivity contribution in [2.75, 3.05) is 11.4 Å². The summed E-state index contributed by atoms with van der Waals surface area (Å²) in [6, 6.07) is 5.90. The summed E-state index contributed by atoms with van der Waals surface area (Å²) in [6.07, 6.45) is 3.43. The number of carbonyl (C=O) groups excluding carboxylic acids is 1. The van der Waals surface area contributed by atoms with E-state index in [0.717, 1.165) is 24.9 Å². The van der Waals surface area contributed by atoms with Crippen LogP contribution < -0.4 is 4.90 Å². The van der Waals surface area contributed by atoms with Gasteiger partial charge < -0.3 is 9.42 Å². The van der Waals surface area contributed by atoms with Crippen molar-refractivity contribution in [1.82, 2.24) is 10.1 Å². The van der Waals surface area contributed by atoms with Crippen LogP contribution in [0.25, 0.3) is 0 Å². The predicted octanol–water partition coefficient (Wildman–Crippen LogP) is 2.22. The smallest absolute Gasteiger partial charge is 0.213 e. The summed E-state index contributed by atoms with van der Waals surface area (Å²) in [5.74, 6) is 0.793. The van der Waals surface area contributed by atoms with Gasteiger partial charge in [-0.1, -0.05) is 5.16 Å². The second kappa shape index (κ2) is 4.84. The lowest BCUT2D eigenvalue weighted by molar-refractivity contribution is 0.101. The molecular formula is C14H15N3O2. The Morgan fingerprint density at radius 3 is 3.11 bits per heavy atom. The molecule has 0 radical (unpaired) electrons. The van der Waals surface area contributed by atoms with Crippen LogP contribution in [-0.4, -0.2) is 22.5 Å². The van der Waals surface area contributed by atoms with E-state index in [1.807, 2.05) is 18.2 Å². The fourth-order valence-electron chi connectivity index (χ4n) is 2.49. The molecule has 0 aliphatic carbocycles. The number of carbonyl (C=O) groups is 1. The fraction of sp³-hybridized carbons (Fsp3) is 0.357. The Morgan fingerprint density at radius 1 is 1.47 bits per heavy atom. The van der Waals surface area contributed by atoms with E-state index in [9.17, 15) is 4.79 Å². The molecule has 98 valence electrons. The lowest BCUT2D eigenvalue weighted by Gasteiger charge is -2.30. The highest BCUT2D eigenvalue weighted by molar-refractivity contribution is 5.94. The van der Waals surface area contributed by atoms with Crippen molar-refractivity contribution in [3.63, 3.8) is 0 Å². The SMILES string of the molecule is CC(=O)c1ccc2c(c1)CCCN2Cc1ncon1. The molecule has 0 spiro atoms. The molecule has 1 aromatic heterocycles. The van der Waals surface area contributed by atoms with Crippen LogP contribution in [0, 0.1) is 0 Å². The maximum Gasteiger partial charge on any atom is 0.213 e. The molecule has 0 N–H and O–H groups in total. The highest BCUT2D eigenvalue weighted by Gasteiger charge is 2.19. The summed E-state index contributed by atoms with van der Waals surface area (Å²) in [5.41, 5.74) is 3.17. The van der Waals surface area contributed by atoms with Gasteiger partial charge >= 0.3 is 0 Å². The summed E-state index contributed by atoms with van der Waals surface area (Å²) in [7, 11) is 0. The summed E-state index contributed by atoms with van der Waals surface area (Å²) in [6.45, 7) is 3.21. The van der Waals surface area contributed by atoms with Crippen LogP contribution in [0.5, 0.6) is 0 Å². The van der Waals surface area contributed by atoms with Crippen LogP contribution in [0.4, 0.5) is 5.69 Å². The number of rotatable bonds is 3. The molecule has 0 fully saturated rings. The van der Waals surface area contributed by atoms with Gasteiger partial charge in [-0.25, -0.2) is 0 Å². The summed E-state index contributed by atoms with van der Waals surface area (Å²) < 4.78 is 4.76. The standard InChI is InChI=1S/C14H15N3O2/c1-10(18)11-4-5-13-12(7-11)3-2-6-17(13)8-14-15-9-19-16-14/h4-5,7,9H,2-3,6,8H2,1H3. The molecule has 5 nitrogen and oxygen atoms in total. The Morgan fingerprint density at radius 2 is 2.37 bits per heavy atom. The van der Waals surface area contributed by atoms with Crippen LogP contribution in [0.2, 0.25) is 0 Å². The topological polar surface area (TPSA) is 59.2 Å². The molecular weight excluding hydrogens is 242 g/mol. The van der Waals surface area contributed by atoms with Crippen LogP contribution >= 0.6 is 0 Å². The van der Waals surface area contributed by atoms with Crippen LogP contribution in [0.15, 0.2) is 29.1 Å². The van der Waals surface area contributed by atoms with E-state index in [4.69, 9.17) is 4.52 Å². The molecule has 1 aliphatic heterocycles. The number of hydrogen-bond acceptors (Lipinski definition) is 5. The van der Waals surface area contributed by atoms with Crippen LogP contribution in [0.3, 0.4) is 0 Å². The normalized spacial score (nSPS) is 14.3. The van der Waals surface area contributed by atoms with E-state index in [0.29, 0.717) is 12.4 Å². The Kier molecular flexibility index (Phi) is 3.03. The molecule has 0 amide bonds. The van der Waals surface area contributed by atoms with Gasteiger partial charge in [0.15, 0.2) is 11.6 Å². The second-order valence-corrected chi connectivity index (χ2v) is 4.77. The average Bonchev–Trinajstić information content (AvgIpc) is 2.91. The minimum atomic E-state index is 0.109. The molecule has 1 aliphatic rings. The number of benzene rings is 1. The van der Waals surface area contributed by atoms with E-state index in [-0.39, 0.29) is 5.78 Å². The Bertz CT molecular complexity index is 593. The van der Waals surface area contributed by atoms with Gasteiger partial charge in [0.2, 0.25) is 6.39 Å². The molecule has 0 saturated carbocycles.